The Morgan fingerprint density at radius 2 is 2.04 bits per heavy atom. The van der Waals surface area contributed by atoms with E-state index in [1.807, 2.05) is 45.9 Å². The number of aromatic amines is 1. The molecule has 23 heavy (non-hydrogen) atoms. The first-order valence-electron chi connectivity index (χ1n) is 7.70. The number of carbonyl (C=O) groups excluding carboxylic acids is 1. The maximum absolute atomic E-state index is 12.2. The van der Waals surface area contributed by atoms with Crippen molar-refractivity contribution in [3.05, 3.63) is 35.5 Å². The Morgan fingerprint density at radius 3 is 2.65 bits per heavy atom. The van der Waals surface area contributed by atoms with Crippen molar-refractivity contribution in [2.75, 3.05) is 6.61 Å². The van der Waals surface area contributed by atoms with Crippen LogP contribution >= 0.6 is 0 Å². The van der Waals surface area contributed by atoms with Gasteiger partial charge in [0.2, 0.25) is 0 Å². The first kappa shape index (κ1) is 17.7. The van der Waals surface area contributed by atoms with Gasteiger partial charge in [0.15, 0.2) is 0 Å². The average Bonchev–Trinajstić information content (AvgIpc) is 2.89. The molecule has 6 heteroatoms. The molecule has 0 aliphatic carbocycles. The van der Waals surface area contributed by atoms with Gasteiger partial charge in [-0.05, 0) is 58.4 Å². The predicted octanol–water partition coefficient (Wildman–Crippen LogP) is 3.46. The molecule has 126 valence electrons. The van der Waals surface area contributed by atoms with Gasteiger partial charge in [0.05, 0.1) is 22.3 Å². The highest BCUT2D eigenvalue weighted by Crippen LogP contribution is 2.23. The van der Waals surface area contributed by atoms with Gasteiger partial charge in [-0.25, -0.2) is 13.7 Å². The summed E-state index contributed by atoms with van der Waals surface area (Å²) < 4.78 is 20.0. The lowest BCUT2D eigenvalue weighted by Gasteiger charge is -2.22. The Kier molecular flexibility index (Phi) is 5.26. The molecule has 1 aromatic carbocycles. The van der Waals surface area contributed by atoms with Crippen molar-refractivity contribution in [2.45, 2.75) is 45.4 Å². The monoisotopic (exact) mass is 336 g/mol. The van der Waals surface area contributed by atoms with Gasteiger partial charge in [-0.2, -0.15) is 0 Å². The van der Waals surface area contributed by atoms with E-state index in [4.69, 9.17) is 4.74 Å². The lowest BCUT2D eigenvalue weighted by Crippen LogP contribution is -2.34. The number of ether oxygens (including phenoxy) is 1. The molecule has 2 aromatic rings. The van der Waals surface area contributed by atoms with Gasteiger partial charge in [-0.3, -0.25) is 0 Å². The van der Waals surface area contributed by atoms with Crippen LogP contribution in [0.5, 0.6) is 0 Å². The largest absolute Gasteiger partial charge is 0.461 e. The maximum atomic E-state index is 12.2. The van der Waals surface area contributed by atoms with E-state index in [-0.39, 0.29) is 16.8 Å². The van der Waals surface area contributed by atoms with E-state index < -0.39 is 11.0 Å². The molecule has 0 bridgehead atoms. The highest BCUT2D eigenvalue weighted by Gasteiger charge is 2.22. The summed E-state index contributed by atoms with van der Waals surface area (Å²) in [5, 5.41) is 0.931. The maximum Gasteiger partial charge on any atom is 0.354 e. The van der Waals surface area contributed by atoms with Crippen molar-refractivity contribution >= 4 is 27.9 Å². The number of H-pyrrole nitrogens is 1. The number of hydrogen-bond acceptors (Lipinski definition) is 3. The molecular weight excluding hydrogens is 312 g/mol. The van der Waals surface area contributed by atoms with Crippen LogP contribution in [0.2, 0.25) is 0 Å². The van der Waals surface area contributed by atoms with Crippen molar-refractivity contribution in [2.24, 2.45) is 0 Å². The van der Waals surface area contributed by atoms with Crippen molar-refractivity contribution in [3.8, 4) is 0 Å². The number of nitrogens with one attached hydrogen (secondary N) is 2. The first-order chi connectivity index (χ1) is 10.7. The third kappa shape index (κ3) is 4.20. The number of benzene rings is 1. The molecule has 0 radical (unpaired) electrons. The molecule has 0 spiro atoms. The van der Waals surface area contributed by atoms with E-state index in [0.717, 1.165) is 16.5 Å². The lowest BCUT2D eigenvalue weighted by atomic mass is 10.1. The second-order valence-corrected chi connectivity index (χ2v) is 8.47. The number of hydrogen-bond donors (Lipinski definition) is 2. The quantitative estimate of drug-likeness (QED) is 0.822. The van der Waals surface area contributed by atoms with Gasteiger partial charge >= 0.3 is 5.97 Å². The number of rotatable bonds is 5. The van der Waals surface area contributed by atoms with Crippen LogP contribution in [0, 0.1) is 0 Å². The molecule has 0 fully saturated rings. The van der Waals surface area contributed by atoms with E-state index in [1.54, 1.807) is 13.0 Å². The minimum absolute atomic E-state index is 0.0552. The van der Waals surface area contributed by atoms with Crippen LogP contribution in [0.15, 0.2) is 24.3 Å². The molecule has 5 nitrogen and oxygen atoms in total. The number of carbonyl (C=O) groups is 1. The van der Waals surface area contributed by atoms with Crippen molar-refractivity contribution in [1.29, 1.82) is 0 Å². The van der Waals surface area contributed by atoms with Crippen LogP contribution in [0.4, 0.5) is 0 Å². The van der Waals surface area contributed by atoms with E-state index in [9.17, 15) is 9.00 Å². The van der Waals surface area contributed by atoms with Gasteiger partial charge in [-0.15, -0.1) is 0 Å². The van der Waals surface area contributed by atoms with Crippen LogP contribution in [-0.2, 0) is 15.7 Å². The smallest absolute Gasteiger partial charge is 0.354 e. The fourth-order valence-electron chi connectivity index (χ4n) is 2.14. The van der Waals surface area contributed by atoms with Crippen LogP contribution in [-0.4, -0.2) is 26.5 Å². The molecule has 2 rings (SSSR count). The summed E-state index contributed by atoms with van der Waals surface area (Å²) in [6, 6.07) is 7.60. The Bertz CT molecular complexity index is 731. The minimum atomic E-state index is -1.14. The fourth-order valence-corrected chi connectivity index (χ4v) is 2.96. The van der Waals surface area contributed by atoms with Crippen molar-refractivity contribution in [1.82, 2.24) is 9.71 Å². The summed E-state index contributed by atoms with van der Waals surface area (Å²) in [4.78, 5) is 14.8. The zero-order valence-electron chi connectivity index (χ0n) is 14.2. The molecule has 1 heterocycles. The van der Waals surface area contributed by atoms with Crippen LogP contribution < -0.4 is 4.72 Å². The highest BCUT2D eigenvalue weighted by molar-refractivity contribution is 7.84. The molecule has 0 saturated carbocycles. The van der Waals surface area contributed by atoms with Gasteiger partial charge in [0, 0.05) is 16.9 Å². The molecule has 0 saturated heterocycles. The molecule has 1 unspecified atom stereocenters. The number of fused-ring (bicyclic) bond motifs is 1. The first-order valence-corrected chi connectivity index (χ1v) is 8.85. The predicted molar refractivity (Wildman–Crippen MR) is 93.7 cm³/mol. The summed E-state index contributed by atoms with van der Waals surface area (Å²) in [6.45, 7) is 9.90. The summed E-state index contributed by atoms with van der Waals surface area (Å²) >= 11 is 0. The van der Waals surface area contributed by atoms with Gasteiger partial charge in [0.1, 0.15) is 5.69 Å². The highest BCUT2D eigenvalue weighted by atomic mass is 32.2. The standard InChI is InChI=1S/C17H24N2O3S/c1-6-22-16(20)15-10-13-9-12(7-8-14(13)18-15)11(2)19-23(21)17(3,4)5/h7-11,18-19H,6H2,1-5H3/t11-,23?/m1/s1. The van der Waals surface area contributed by atoms with Crippen molar-refractivity contribution in [3.63, 3.8) is 0 Å². The second kappa shape index (κ2) is 6.84. The van der Waals surface area contributed by atoms with E-state index >= 15 is 0 Å². The molecule has 0 aliphatic rings. The van der Waals surface area contributed by atoms with E-state index in [0.29, 0.717) is 12.3 Å². The fraction of sp³-hybridized carbons (Fsp3) is 0.471. The molecule has 1 aromatic heterocycles. The topological polar surface area (TPSA) is 71.2 Å². The Morgan fingerprint density at radius 1 is 1.35 bits per heavy atom. The summed E-state index contributed by atoms with van der Waals surface area (Å²) in [7, 11) is -1.14. The summed E-state index contributed by atoms with van der Waals surface area (Å²) in [6.07, 6.45) is 0. The van der Waals surface area contributed by atoms with Crippen LogP contribution in [0.1, 0.15) is 56.7 Å². The zero-order chi connectivity index (χ0) is 17.2. The summed E-state index contributed by atoms with van der Waals surface area (Å²) in [5.41, 5.74) is 2.34. The van der Waals surface area contributed by atoms with Crippen molar-refractivity contribution < 1.29 is 13.7 Å². The van der Waals surface area contributed by atoms with Crippen LogP contribution in [0.25, 0.3) is 10.9 Å². The average molecular weight is 336 g/mol. The normalized spacial score (nSPS) is 14.7. The van der Waals surface area contributed by atoms with Gasteiger partial charge < -0.3 is 9.72 Å². The van der Waals surface area contributed by atoms with Gasteiger partial charge in [0.25, 0.3) is 0 Å². The molecule has 0 aliphatic heterocycles. The third-order valence-electron chi connectivity index (χ3n) is 3.48. The Labute approximate surface area is 139 Å². The number of esters is 1. The number of aromatic nitrogens is 1. The summed E-state index contributed by atoms with van der Waals surface area (Å²) in [5.74, 6) is -0.356. The molecule has 2 N–H and O–H groups in total. The SMILES string of the molecule is CCOC(=O)c1cc2cc([C@@H](C)NS(=O)C(C)(C)C)ccc2[nH]1. The van der Waals surface area contributed by atoms with E-state index in [2.05, 4.69) is 9.71 Å². The van der Waals surface area contributed by atoms with E-state index in [1.165, 1.54) is 0 Å². The molecule has 2 atom stereocenters. The van der Waals surface area contributed by atoms with Gasteiger partial charge in [-0.1, -0.05) is 6.07 Å². The lowest BCUT2D eigenvalue weighted by molar-refractivity contribution is 0.0520. The Balaban J connectivity index is 2.22. The van der Waals surface area contributed by atoms with Crippen LogP contribution in [0.3, 0.4) is 0 Å². The molecular formula is C17H24N2O3S. The zero-order valence-corrected chi connectivity index (χ0v) is 15.0. The Hall–Kier alpha value is -1.66. The third-order valence-corrected chi connectivity index (χ3v) is 5.16. The minimum Gasteiger partial charge on any atom is -0.461 e. The second-order valence-electron chi connectivity index (χ2n) is 6.47. The molecule has 0 amide bonds.